The fraction of sp³-hybridized carbons (Fsp3) is 0.529. The highest BCUT2D eigenvalue weighted by Gasteiger charge is 2.28. The lowest BCUT2D eigenvalue weighted by Crippen LogP contribution is -2.47. The molecule has 24 heavy (non-hydrogen) atoms. The van der Waals surface area contributed by atoms with Crippen LogP contribution >= 0.6 is 12.4 Å². The maximum absolute atomic E-state index is 12.0. The van der Waals surface area contributed by atoms with Crippen LogP contribution < -0.4 is 16.0 Å². The molecule has 1 aromatic rings. The maximum Gasteiger partial charge on any atom is 0.234 e. The Balaban J connectivity index is 0.00000208. The Hall–Kier alpha value is -1.63. The molecular weight excluding hydrogens is 328 g/mol. The summed E-state index contributed by atoms with van der Waals surface area (Å²) >= 11 is 0. The minimum absolute atomic E-state index is 0. The molecule has 0 aromatic heterocycles. The first-order valence-corrected chi connectivity index (χ1v) is 8.28. The van der Waals surface area contributed by atoms with Crippen LogP contribution in [-0.2, 0) is 9.59 Å². The number of nitrogens with zero attached hydrogens (tertiary/aromatic N) is 2. The lowest BCUT2D eigenvalue weighted by Gasteiger charge is -2.36. The molecule has 0 aliphatic carbocycles. The molecule has 6 nitrogen and oxygen atoms in total. The molecule has 2 saturated heterocycles. The van der Waals surface area contributed by atoms with Crippen LogP contribution in [0.15, 0.2) is 24.3 Å². The van der Waals surface area contributed by atoms with Crippen LogP contribution in [0.25, 0.3) is 0 Å². The Kier molecular flexibility index (Phi) is 6.60. The largest absolute Gasteiger partial charge is 0.369 e. The predicted molar refractivity (Wildman–Crippen MR) is 96.5 cm³/mol. The number of amides is 2. The molecular formula is C17H25ClN4O2. The molecule has 2 aliphatic heterocycles. The van der Waals surface area contributed by atoms with Gasteiger partial charge in [-0.15, -0.1) is 12.4 Å². The van der Waals surface area contributed by atoms with Crippen molar-refractivity contribution in [1.82, 2.24) is 10.2 Å². The average Bonchev–Trinajstić information content (AvgIpc) is 2.56. The molecule has 0 spiro atoms. The number of carbonyl (C=O) groups is 2. The second-order valence-electron chi connectivity index (χ2n) is 6.22. The Bertz CT molecular complexity index is 588. The van der Waals surface area contributed by atoms with Gasteiger partial charge in [-0.05, 0) is 24.1 Å². The summed E-state index contributed by atoms with van der Waals surface area (Å²) in [6.45, 7) is 5.62. The van der Waals surface area contributed by atoms with Crippen molar-refractivity contribution in [3.8, 4) is 0 Å². The molecule has 3 N–H and O–H groups in total. The van der Waals surface area contributed by atoms with Gasteiger partial charge in [0, 0.05) is 51.4 Å². The van der Waals surface area contributed by atoms with Crippen LogP contribution in [0.3, 0.4) is 0 Å². The SMILES string of the molecule is Cl.NCCN1CCN(c2cccc(C3CCC(=O)NC3=O)c2)CC1. The summed E-state index contributed by atoms with van der Waals surface area (Å²) in [5, 5.41) is 2.44. The van der Waals surface area contributed by atoms with Gasteiger partial charge in [-0.1, -0.05) is 12.1 Å². The van der Waals surface area contributed by atoms with Gasteiger partial charge in [-0.2, -0.15) is 0 Å². The van der Waals surface area contributed by atoms with Gasteiger partial charge < -0.3 is 10.6 Å². The van der Waals surface area contributed by atoms with Gasteiger partial charge >= 0.3 is 0 Å². The third-order valence-electron chi connectivity index (χ3n) is 4.69. The van der Waals surface area contributed by atoms with E-state index < -0.39 is 0 Å². The molecule has 2 aliphatic rings. The molecule has 1 aromatic carbocycles. The van der Waals surface area contributed by atoms with Crippen molar-refractivity contribution < 1.29 is 9.59 Å². The monoisotopic (exact) mass is 352 g/mol. The summed E-state index contributed by atoms with van der Waals surface area (Å²) in [6.07, 6.45) is 1.01. The Labute approximate surface area is 148 Å². The normalized spacial score (nSPS) is 22.0. The minimum atomic E-state index is -0.217. The number of nitrogens with two attached hydrogens (primary N) is 1. The van der Waals surface area contributed by atoms with Crippen LogP contribution in [0.4, 0.5) is 5.69 Å². The van der Waals surface area contributed by atoms with Crippen LogP contribution in [-0.4, -0.2) is 56.0 Å². The number of nitrogens with one attached hydrogen (secondary N) is 1. The number of piperazine rings is 1. The van der Waals surface area contributed by atoms with Gasteiger partial charge in [0.05, 0.1) is 5.92 Å². The van der Waals surface area contributed by atoms with E-state index in [0.717, 1.165) is 44.0 Å². The fourth-order valence-electron chi connectivity index (χ4n) is 3.36. The molecule has 0 radical (unpaired) electrons. The first-order chi connectivity index (χ1) is 11.2. The summed E-state index contributed by atoms with van der Waals surface area (Å²) in [7, 11) is 0. The number of carbonyl (C=O) groups excluding carboxylic acids is 2. The summed E-state index contributed by atoms with van der Waals surface area (Å²) in [5.41, 5.74) is 7.76. The van der Waals surface area contributed by atoms with Crippen molar-refractivity contribution in [2.24, 2.45) is 5.73 Å². The molecule has 2 fully saturated rings. The third-order valence-corrected chi connectivity index (χ3v) is 4.69. The number of halogens is 1. The predicted octanol–water partition coefficient (Wildman–Crippen LogP) is 0.709. The van der Waals surface area contributed by atoms with Crippen molar-refractivity contribution in [3.63, 3.8) is 0 Å². The molecule has 1 unspecified atom stereocenters. The lowest BCUT2D eigenvalue weighted by molar-refractivity contribution is -0.134. The highest BCUT2D eigenvalue weighted by molar-refractivity contribution is 6.01. The maximum atomic E-state index is 12.0. The van der Waals surface area contributed by atoms with E-state index in [1.807, 2.05) is 12.1 Å². The molecule has 0 bridgehead atoms. The number of benzene rings is 1. The van der Waals surface area contributed by atoms with Gasteiger partial charge in [0.15, 0.2) is 0 Å². The standard InChI is InChI=1S/C17H24N4O2.ClH/c18-6-7-20-8-10-21(11-9-20)14-3-1-2-13(12-14)15-4-5-16(22)19-17(15)23;/h1-3,12,15H,4-11,18H2,(H,19,22,23);1H. The molecule has 0 saturated carbocycles. The van der Waals surface area contributed by atoms with Gasteiger partial charge in [0.1, 0.15) is 0 Å². The van der Waals surface area contributed by atoms with E-state index in [4.69, 9.17) is 5.73 Å². The Morgan fingerprint density at radius 2 is 1.92 bits per heavy atom. The first kappa shape index (κ1) is 18.7. The third kappa shape index (κ3) is 4.26. The van der Waals surface area contributed by atoms with E-state index in [1.54, 1.807) is 0 Å². The molecule has 1 atom stereocenters. The second-order valence-corrected chi connectivity index (χ2v) is 6.22. The van der Waals surface area contributed by atoms with Crippen molar-refractivity contribution in [1.29, 1.82) is 0 Å². The zero-order valence-electron chi connectivity index (χ0n) is 13.7. The van der Waals surface area contributed by atoms with Crippen LogP contribution in [0.1, 0.15) is 24.3 Å². The van der Waals surface area contributed by atoms with E-state index >= 15 is 0 Å². The average molecular weight is 353 g/mol. The van der Waals surface area contributed by atoms with Crippen molar-refractivity contribution in [2.45, 2.75) is 18.8 Å². The van der Waals surface area contributed by atoms with Gasteiger partial charge in [-0.3, -0.25) is 19.8 Å². The van der Waals surface area contributed by atoms with Crippen LogP contribution in [0.2, 0.25) is 0 Å². The zero-order valence-corrected chi connectivity index (χ0v) is 14.6. The lowest BCUT2D eigenvalue weighted by atomic mass is 9.90. The van der Waals surface area contributed by atoms with E-state index in [9.17, 15) is 9.59 Å². The topological polar surface area (TPSA) is 78.7 Å². The molecule has 7 heteroatoms. The molecule has 3 rings (SSSR count). The number of imide groups is 1. The highest BCUT2D eigenvalue weighted by atomic mass is 35.5. The van der Waals surface area contributed by atoms with Gasteiger partial charge in [-0.25, -0.2) is 0 Å². The number of piperidine rings is 1. The van der Waals surface area contributed by atoms with E-state index in [2.05, 4.69) is 27.2 Å². The van der Waals surface area contributed by atoms with Crippen LogP contribution in [0.5, 0.6) is 0 Å². The zero-order chi connectivity index (χ0) is 16.2. The smallest absolute Gasteiger partial charge is 0.234 e. The van der Waals surface area contributed by atoms with E-state index in [-0.39, 0.29) is 30.1 Å². The Morgan fingerprint density at radius 1 is 1.17 bits per heavy atom. The number of anilines is 1. The van der Waals surface area contributed by atoms with E-state index in [1.165, 1.54) is 0 Å². The van der Waals surface area contributed by atoms with Gasteiger partial charge in [0.25, 0.3) is 0 Å². The fourth-order valence-corrected chi connectivity index (χ4v) is 3.36. The quantitative estimate of drug-likeness (QED) is 0.780. The first-order valence-electron chi connectivity index (χ1n) is 8.28. The van der Waals surface area contributed by atoms with Gasteiger partial charge in [0.2, 0.25) is 11.8 Å². The van der Waals surface area contributed by atoms with Crippen molar-refractivity contribution >= 4 is 29.9 Å². The Morgan fingerprint density at radius 3 is 2.58 bits per heavy atom. The summed E-state index contributed by atoms with van der Waals surface area (Å²) in [4.78, 5) is 28.1. The van der Waals surface area contributed by atoms with E-state index in [0.29, 0.717) is 19.4 Å². The minimum Gasteiger partial charge on any atom is -0.369 e. The van der Waals surface area contributed by atoms with Crippen LogP contribution in [0, 0.1) is 0 Å². The molecule has 2 amide bonds. The van der Waals surface area contributed by atoms with Crippen molar-refractivity contribution in [2.75, 3.05) is 44.2 Å². The number of hydrogen-bond donors (Lipinski definition) is 2. The second kappa shape index (κ2) is 8.46. The highest BCUT2D eigenvalue weighted by Crippen LogP contribution is 2.28. The molecule has 132 valence electrons. The number of rotatable bonds is 4. The number of hydrogen-bond acceptors (Lipinski definition) is 5. The summed E-state index contributed by atoms with van der Waals surface area (Å²) < 4.78 is 0. The summed E-state index contributed by atoms with van der Waals surface area (Å²) in [5.74, 6) is -0.559. The van der Waals surface area contributed by atoms with Crippen molar-refractivity contribution in [3.05, 3.63) is 29.8 Å². The summed E-state index contributed by atoms with van der Waals surface area (Å²) in [6, 6.07) is 8.17. The molecule has 2 heterocycles.